The summed E-state index contributed by atoms with van der Waals surface area (Å²) in [5, 5.41) is 3.04. The van der Waals surface area contributed by atoms with Crippen molar-refractivity contribution in [2.45, 2.75) is 38.6 Å². The molecule has 0 radical (unpaired) electrons. The topological polar surface area (TPSA) is 88.2 Å². The van der Waals surface area contributed by atoms with Gasteiger partial charge in [0.25, 0.3) is 11.8 Å². The molecular formula is C27H31N3O5. The van der Waals surface area contributed by atoms with Gasteiger partial charge in [-0.1, -0.05) is 17.7 Å². The van der Waals surface area contributed by atoms with Crippen molar-refractivity contribution >= 4 is 17.7 Å². The number of piperidine rings is 1. The minimum Gasteiger partial charge on any atom is -0.454 e. The first-order valence-corrected chi connectivity index (χ1v) is 12.3. The maximum absolute atomic E-state index is 13.4. The first-order chi connectivity index (χ1) is 17.0. The summed E-state index contributed by atoms with van der Waals surface area (Å²) in [6.07, 6.45) is 3.28. The number of hydrogen-bond donors (Lipinski definition) is 1. The predicted octanol–water partition coefficient (Wildman–Crippen LogP) is 3.00. The number of hydrogen-bond acceptors (Lipinski definition) is 5. The number of benzene rings is 2. The van der Waals surface area contributed by atoms with Crippen LogP contribution in [0, 0.1) is 12.8 Å². The number of ether oxygens (including phenoxy) is 2. The highest BCUT2D eigenvalue weighted by Gasteiger charge is 2.37. The first-order valence-electron chi connectivity index (χ1n) is 12.3. The van der Waals surface area contributed by atoms with Gasteiger partial charge in [0.05, 0.1) is 0 Å². The summed E-state index contributed by atoms with van der Waals surface area (Å²) >= 11 is 0. The molecule has 0 spiro atoms. The number of rotatable bonds is 5. The summed E-state index contributed by atoms with van der Waals surface area (Å²) in [6.45, 7) is 4.66. The predicted molar refractivity (Wildman–Crippen MR) is 129 cm³/mol. The highest BCUT2D eigenvalue weighted by atomic mass is 16.7. The fourth-order valence-corrected chi connectivity index (χ4v) is 5.09. The molecule has 0 aromatic heterocycles. The van der Waals surface area contributed by atoms with Gasteiger partial charge in [-0.3, -0.25) is 14.4 Å². The van der Waals surface area contributed by atoms with Crippen LogP contribution in [0.5, 0.6) is 11.5 Å². The number of amides is 3. The van der Waals surface area contributed by atoms with Crippen LogP contribution >= 0.6 is 0 Å². The van der Waals surface area contributed by atoms with E-state index in [1.165, 1.54) is 0 Å². The second-order valence-electron chi connectivity index (χ2n) is 9.55. The lowest BCUT2D eigenvalue weighted by Crippen LogP contribution is -2.54. The van der Waals surface area contributed by atoms with Crippen LogP contribution in [0.1, 0.15) is 52.0 Å². The van der Waals surface area contributed by atoms with E-state index >= 15 is 0 Å². The molecule has 1 atom stereocenters. The zero-order valence-corrected chi connectivity index (χ0v) is 20.0. The zero-order valence-electron chi connectivity index (χ0n) is 20.0. The van der Waals surface area contributed by atoms with Gasteiger partial charge in [0.2, 0.25) is 12.7 Å². The van der Waals surface area contributed by atoms with Crippen molar-refractivity contribution in [3.63, 3.8) is 0 Å². The fourth-order valence-electron chi connectivity index (χ4n) is 5.09. The van der Waals surface area contributed by atoms with Gasteiger partial charge >= 0.3 is 0 Å². The molecule has 0 bridgehead atoms. The summed E-state index contributed by atoms with van der Waals surface area (Å²) in [5.41, 5.74) is 2.18. The van der Waals surface area contributed by atoms with E-state index in [0.717, 1.165) is 31.5 Å². The Kier molecular flexibility index (Phi) is 6.61. The van der Waals surface area contributed by atoms with E-state index in [0.29, 0.717) is 48.6 Å². The molecule has 3 aliphatic rings. The summed E-state index contributed by atoms with van der Waals surface area (Å²) < 4.78 is 10.7. The molecule has 3 heterocycles. The van der Waals surface area contributed by atoms with E-state index < -0.39 is 6.04 Å². The molecule has 5 rings (SSSR count). The quantitative estimate of drug-likeness (QED) is 0.715. The zero-order chi connectivity index (χ0) is 24.4. The standard InChI is InChI=1S/C27H31N3O5/c1-18-4-6-20(7-5-18)25(31)28-24(27(33)29-12-2-3-13-29)19-10-14-30(15-11-19)26(32)21-8-9-22-23(16-21)35-17-34-22/h4-9,16,19,24H,2-3,10-15,17H2,1H3,(H,28,31). The van der Waals surface area contributed by atoms with Crippen LogP contribution in [0.4, 0.5) is 0 Å². The Labute approximate surface area is 205 Å². The lowest BCUT2D eigenvalue weighted by atomic mass is 9.88. The molecule has 2 saturated heterocycles. The summed E-state index contributed by atoms with van der Waals surface area (Å²) in [7, 11) is 0. The van der Waals surface area contributed by atoms with Crippen molar-refractivity contribution in [3.8, 4) is 11.5 Å². The number of fused-ring (bicyclic) bond motifs is 1. The van der Waals surface area contributed by atoms with Gasteiger partial charge in [0.1, 0.15) is 6.04 Å². The second-order valence-corrected chi connectivity index (χ2v) is 9.55. The maximum Gasteiger partial charge on any atom is 0.253 e. The Morgan fingerprint density at radius 3 is 2.23 bits per heavy atom. The van der Waals surface area contributed by atoms with Crippen LogP contribution in [0.25, 0.3) is 0 Å². The van der Waals surface area contributed by atoms with Crippen molar-refractivity contribution < 1.29 is 23.9 Å². The molecule has 2 aromatic carbocycles. The van der Waals surface area contributed by atoms with Crippen LogP contribution in [0.2, 0.25) is 0 Å². The van der Waals surface area contributed by atoms with Crippen molar-refractivity contribution in [2.24, 2.45) is 5.92 Å². The van der Waals surface area contributed by atoms with Gasteiger partial charge < -0.3 is 24.6 Å². The summed E-state index contributed by atoms with van der Waals surface area (Å²) in [6, 6.07) is 12.0. The number of carbonyl (C=O) groups excluding carboxylic acids is 3. The van der Waals surface area contributed by atoms with E-state index in [4.69, 9.17) is 9.47 Å². The molecule has 2 fully saturated rings. The van der Waals surface area contributed by atoms with Crippen molar-refractivity contribution in [3.05, 3.63) is 59.2 Å². The highest BCUT2D eigenvalue weighted by molar-refractivity contribution is 5.98. The normalized spacial score (nSPS) is 18.4. The van der Waals surface area contributed by atoms with Crippen LogP contribution < -0.4 is 14.8 Å². The average Bonchev–Trinajstić information content (AvgIpc) is 3.59. The highest BCUT2D eigenvalue weighted by Crippen LogP contribution is 2.33. The summed E-state index contributed by atoms with van der Waals surface area (Å²) in [5.74, 6) is 0.893. The molecule has 2 aromatic rings. The largest absolute Gasteiger partial charge is 0.454 e. The van der Waals surface area contributed by atoms with E-state index in [1.807, 2.05) is 28.9 Å². The Morgan fingerprint density at radius 1 is 0.857 bits per heavy atom. The molecule has 3 aliphatic heterocycles. The monoisotopic (exact) mass is 477 g/mol. The lowest BCUT2D eigenvalue weighted by molar-refractivity contribution is -0.134. The minimum absolute atomic E-state index is 0.0106. The van der Waals surface area contributed by atoms with Crippen molar-refractivity contribution in [1.82, 2.24) is 15.1 Å². The fraction of sp³-hybridized carbons (Fsp3) is 0.444. The Morgan fingerprint density at radius 2 is 1.51 bits per heavy atom. The van der Waals surface area contributed by atoms with Gasteiger partial charge in [-0.15, -0.1) is 0 Å². The van der Waals surface area contributed by atoms with Crippen molar-refractivity contribution in [1.29, 1.82) is 0 Å². The number of carbonyl (C=O) groups is 3. The van der Waals surface area contributed by atoms with Gasteiger partial charge in [0, 0.05) is 37.3 Å². The van der Waals surface area contributed by atoms with E-state index in [-0.39, 0.29) is 30.4 Å². The number of likely N-dealkylation sites (tertiary alicyclic amines) is 2. The summed E-state index contributed by atoms with van der Waals surface area (Å²) in [4.78, 5) is 43.2. The smallest absolute Gasteiger partial charge is 0.253 e. The van der Waals surface area contributed by atoms with Gasteiger partial charge in [-0.2, -0.15) is 0 Å². The molecule has 3 amide bonds. The molecule has 0 aliphatic carbocycles. The maximum atomic E-state index is 13.4. The minimum atomic E-state index is -0.593. The number of aryl methyl sites for hydroxylation is 1. The van der Waals surface area contributed by atoms with Gasteiger partial charge in [-0.05, 0) is 68.9 Å². The number of nitrogens with zero attached hydrogens (tertiary/aromatic N) is 2. The van der Waals surface area contributed by atoms with E-state index in [1.54, 1.807) is 30.3 Å². The molecule has 8 nitrogen and oxygen atoms in total. The number of nitrogens with one attached hydrogen (secondary N) is 1. The third-order valence-electron chi connectivity index (χ3n) is 7.20. The van der Waals surface area contributed by atoms with Gasteiger partial charge in [0.15, 0.2) is 11.5 Å². The average molecular weight is 478 g/mol. The molecule has 8 heteroatoms. The lowest BCUT2D eigenvalue weighted by Gasteiger charge is -2.37. The SMILES string of the molecule is Cc1ccc(C(=O)NC(C(=O)N2CCCC2)C2CCN(C(=O)c3ccc4c(c3)OCO4)CC2)cc1. The Hall–Kier alpha value is -3.55. The Balaban J connectivity index is 1.27. The van der Waals surface area contributed by atoms with E-state index in [2.05, 4.69) is 5.32 Å². The molecule has 1 N–H and O–H groups in total. The van der Waals surface area contributed by atoms with Crippen LogP contribution in [-0.2, 0) is 4.79 Å². The molecule has 0 saturated carbocycles. The van der Waals surface area contributed by atoms with Crippen LogP contribution in [-0.4, -0.2) is 66.5 Å². The molecule has 35 heavy (non-hydrogen) atoms. The molecule has 184 valence electrons. The third kappa shape index (κ3) is 4.97. The van der Waals surface area contributed by atoms with E-state index in [9.17, 15) is 14.4 Å². The third-order valence-corrected chi connectivity index (χ3v) is 7.20. The first kappa shape index (κ1) is 23.2. The molecule has 1 unspecified atom stereocenters. The van der Waals surface area contributed by atoms with Crippen LogP contribution in [0.3, 0.4) is 0 Å². The van der Waals surface area contributed by atoms with Crippen LogP contribution in [0.15, 0.2) is 42.5 Å². The van der Waals surface area contributed by atoms with Crippen molar-refractivity contribution in [2.75, 3.05) is 33.0 Å². The Bertz CT molecular complexity index is 1100. The van der Waals surface area contributed by atoms with Gasteiger partial charge in [-0.25, -0.2) is 0 Å². The molecular weight excluding hydrogens is 446 g/mol. The second kappa shape index (κ2) is 9.98.